The van der Waals surface area contributed by atoms with Gasteiger partial charge in [0.05, 0.1) is 11.2 Å². The number of rotatable bonds is 2. The van der Waals surface area contributed by atoms with Crippen molar-refractivity contribution in [3.05, 3.63) is 30.0 Å². The molecule has 17 heavy (non-hydrogen) atoms. The van der Waals surface area contributed by atoms with Crippen molar-refractivity contribution in [2.45, 2.75) is 26.2 Å². The van der Waals surface area contributed by atoms with Gasteiger partial charge in [0.1, 0.15) is 0 Å². The predicted molar refractivity (Wildman–Crippen MR) is 69.3 cm³/mol. The number of anilines is 1. The van der Waals surface area contributed by atoms with Gasteiger partial charge in [-0.25, -0.2) is 0 Å². The Kier molecular flexibility index (Phi) is 2.39. The van der Waals surface area contributed by atoms with E-state index in [4.69, 9.17) is 0 Å². The number of hydrogen-bond acceptors (Lipinski definition) is 1. The molecule has 1 aliphatic rings. The number of aryl methyl sites for hydroxylation is 1. The molecule has 3 heteroatoms. The topological polar surface area (TPSA) is 36.1 Å². The molecule has 0 aliphatic carbocycles. The van der Waals surface area contributed by atoms with Crippen molar-refractivity contribution in [3.63, 3.8) is 0 Å². The summed E-state index contributed by atoms with van der Waals surface area (Å²) in [7, 11) is 0. The third kappa shape index (κ3) is 1.54. The number of para-hydroxylation sites is 1. The van der Waals surface area contributed by atoms with Gasteiger partial charge in [-0.1, -0.05) is 19.1 Å². The standard InChI is InChI=1S/C14H16N2O/c1-2-10-9-15-14-11(10)5-3-6-12(14)16-8-4-7-13(16)17/h3,5-6,9,15H,2,4,7-8H2,1H3. The van der Waals surface area contributed by atoms with Gasteiger partial charge in [0.15, 0.2) is 0 Å². The Labute approximate surface area is 100 Å². The van der Waals surface area contributed by atoms with Crippen molar-refractivity contribution in [1.29, 1.82) is 0 Å². The highest BCUT2D eigenvalue weighted by Crippen LogP contribution is 2.30. The molecule has 1 amide bonds. The van der Waals surface area contributed by atoms with Crippen LogP contribution in [0.25, 0.3) is 10.9 Å². The zero-order chi connectivity index (χ0) is 11.8. The lowest BCUT2D eigenvalue weighted by Crippen LogP contribution is -2.23. The van der Waals surface area contributed by atoms with Crippen molar-refractivity contribution in [3.8, 4) is 0 Å². The molecule has 1 aromatic heterocycles. The summed E-state index contributed by atoms with van der Waals surface area (Å²) >= 11 is 0. The van der Waals surface area contributed by atoms with E-state index in [9.17, 15) is 4.79 Å². The van der Waals surface area contributed by atoms with Crippen LogP contribution in [0.15, 0.2) is 24.4 Å². The summed E-state index contributed by atoms with van der Waals surface area (Å²) < 4.78 is 0. The van der Waals surface area contributed by atoms with E-state index in [-0.39, 0.29) is 5.91 Å². The molecule has 1 saturated heterocycles. The number of nitrogens with zero attached hydrogens (tertiary/aromatic N) is 1. The number of H-pyrrole nitrogens is 1. The molecule has 88 valence electrons. The summed E-state index contributed by atoms with van der Waals surface area (Å²) in [6.07, 6.45) is 4.71. The molecule has 3 nitrogen and oxygen atoms in total. The first-order valence-electron chi connectivity index (χ1n) is 6.20. The molecule has 1 fully saturated rings. The Balaban J connectivity index is 2.16. The van der Waals surface area contributed by atoms with Crippen molar-refractivity contribution in [1.82, 2.24) is 4.98 Å². The minimum absolute atomic E-state index is 0.241. The molecule has 0 atom stereocenters. The van der Waals surface area contributed by atoms with Gasteiger partial charge in [-0.2, -0.15) is 0 Å². The van der Waals surface area contributed by atoms with Crippen LogP contribution in [0.1, 0.15) is 25.3 Å². The van der Waals surface area contributed by atoms with Crippen molar-refractivity contribution >= 4 is 22.5 Å². The first kappa shape index (κ1) is 10.4. The van der Waals surface area contributed by atoms with E-state index in [2.05, 4.69) is 24.2 Å². The van der Waals surface area contributed by atoms with E-state index in [1.54, 1.807) is 0 Å². The van der Waals surface area contributed by atoms with Gasteiger partial charge < -0.3 is 9.88 Å². The molecule has 0 saturated carbocycles. The Morgan fingerprint density at radius 1 is 1.41 bits per heavy atom. The molecule has 0 spiro atoms. The van der Waals surface area contributed by atoms with E-state index in [1.807, 2.05) is 17.0 Å². The van der Waals surface area contributed by atoms with Crippen LogP contribution in [-0.4, -0.2) is 17.4 Å². The van der Waals surface area contributed by atoms with E-state index in [1.165, 1.54) is 10.9 Å². The fourth-order valence-electron chi connectivity index (χ4n) is 2.62. The molecule has 2 heterocycles. The van der Waals surface area contributed by atoms with Gasteiger partial charge in [0.25, 0.3) is 0 Å². The number of aromatic amines is 1. The summed E-state index contributed by atoms with van der Waals surface area (Å²) in [4.78, 5) is 17.0. The van der Waals surface area contributed by atoms with Crippen LogP contribution in [0.2, 0.25) is 0 Å². The largest absolute Gasteiger partial charge is 0.359 e. The number of amides is 1. The first-order chi connectivity index (χ1) is 8.31. The van der Waals surface area contributed by atoms with Crippen molar-refractivity contribution in [2.75, 3.05) is 11.4 Å². The fraction of sp³-hybridized carbons (Fsp3) is 0.357. The quantitative estimate of drug-likeness (QED) is 0.843. The second kappa shape index (κ2) is 3.91. The molecule has 2 aromatic rings. The SMILES string of the molecule is CCc1c[nH]c2c(N3CCCC3=O)cccc12. The van der Waals surface area contributed by atoms with Crippen LogP contribution < -0.4 is 4.90 Å². The maximum atomic E-state index is 11.8. The lowest BCUT2D eigenvalue weighted by molar-refractivity contribution is -0.117. The van der Waals surface area contributed by atoms with Gasteiger partial charge in [-0.15, -0.1) is 0 Å². The van der Waals surface area contributed by atoms with E-state index < -0.39 is 0 Å². The van der Waals surface area contributed by atoms with Crippen LogP contribution in [0.5, 0.6) is 0 Å². The van der Waals surface area contributed by atoms with Gasteiger partial charge in [0, 0.05) is 24.5 Å². The highest BCUT2D eigenvalue weighted by atomic mass is 16.2. The zero-order valence-corrected chi connectivity index (χ0v) is 9.99. The second-order valence-corrected chi connectivity index (χ2v) is 4.52. The Bertz CT molecular complexity index is 571. The third-order valence-electron chi connectivity index (χ3n) is 3.52. The van der Waals surface area contributed by atoms with Crippen LogP contribution >= 0.6 is 0 Å². The number of fused-ring (bicyclic) bond motifs is 1. The number of nitrogens with one attached hydrogen (secondary N) is 1. The van der Waals surface area contributed by atoms with Crippen molar-refractivity contribution in [2.24, 2.45) is 0 Å². The molecule has 1 aliphatic heterocycles. The molecule has 1 N–H and O–H groups in total. The maximum Gasteiger partial charge on any atom is 0.227 e. The fourth-order valence-corrected chi connectivity index (χ4v) is 2.62. The number of carbonyl (C=O) groups is 1. The van der Waals surface area contributed by atoms with Crippen molar-refractivity contribution < 1.29 is 4.79 Å². The molecular weight excluding hydrogens is 212 g/mol. The lowest BCUT2D eigenvalue weighted by Gasteiger charge is -2.16. The third-order valence-corrected chi connectivity index (χ3v) is 3.52. The molecule has 0 radical (unpaired) electrons. The summed E-state index contributed by atoms with van der Waals surface area (Å²) in [5, 5.41) is 1.24. The summed E-state index contributed by atoms with van der Waals surface area (Å²) in [5.41, 5.74) is 3.44. The summed E-state index contributed by atoms with van der Waals surface area (Å²) in [6, 6.07) is 6.19. The van der Waals surface area contributed by atoms with Gasteiger partial charge in [-0.05, 0) is 24.5 Å². The smallest absolute Gasteiger partial charge is 0.227 e. The molecule has 3 rings (SSSR count). The number of carbonyl (C=O) groups excluding carboxylic acids is 1. The highest BCUT2D eigenvalue weighted by molar-refractivity contribution is 6.04. The zero-order valence-electron chi connectivity index (χ0n) is 9.99. The molecule has 1 aromatic carbocycles. The number of benzene rings is 1. The summed E-state index contributed by atoms with van der Waals surface area (Å²) in [6.45, 7) is 2.99. The Morgan fingerprint density at radius 3 is 3.00 bits per heavy atom. The minimum atomic E-state index is 0.241. The Hall–Kier alpha value is -1.77. The minimum Gasteiger partial charge on any atom is -0.359 e. The summed E-state index contributed by atoms with van der Waals surface area (Å²) in [5.74, 6) is 0.241. The number of hydrogen-bond donors (Lipinski definition) is 1. The predicted octanol–water partition coefficient (Wildman–Crippen LogP) is 2.86. The van der Waals surface area contributed by atoms with Gasteiger partial charge >= 0.3 is 0 Å². The van der Waals surface area contributed by atoms with Crippen LogP contribution in [-0.2, 0) is 11.2 Å². The monoisotopic (exact) mass is 228 g/mol. The van der Waals surface area contributed by atoms with E-state index in [0.29, 0.717) is 6.42 Å². The molecule has 0 unspecified atom stereocenters. The normalized spacial score (nSPS) is 16.1. The first-order valence-corrected chi connectivity index (χ1v) is 6.20. The lowest BCUT2D eigenvalue weighted by atomic mass is 10.1. The number of aromatic nitrogens is 1. The second-order valence-electron chi connectivity index (χ2n) is 4.52. The Morgan fingerprint density at radius 2 is 2.29 bits per heavy atom. The van der Waals surface area contributed by atoms with Crippen LogP contribution in [0.4, 0.5) is 5.69 Å². The van der Waals surface area contributed by atoms with E-state index >= 15 is 0 Å². The average Bonchev–Trinajstić information content (AvgIpc) is 2.94. The van der Waals surface area contributed by atoms with Crippen LogP contribution in [0.3, 0.4) is 0 Å². The highest BCUT2D eigenvalue weighted by Gasteiger charge is 2.23. The van der Waals surface area contributed by atoms with E-state index in [0.717, 1.165) is 30.6 Å². The van der Waals surface area contributed by atoms with Crippen LogP contribution in [0, 0.1) is 0 Å². The van der Waals surface area contributed by atoms with Gasteiger partial charge in [0.2, 0.25) is 5.91 Å². The molecular formula is C14H16N2O. The molecule has 0 bridgehead atoms. The van der Waals surface area contributed by atoms with Gasteiger partial charge in [-0.3, -0.25) is 4.79 Å². The average molecular weight is 228 g/mol. The maximum absolute atomic E-state index is 11.8.